The van der Waals surface area contributed by atoms with E-state index in [2.05, 4.69) is 32.1 Å². The summed E-state index contributed by atoms with van der Waals surface area (Å²) in [5.74, 6) is 0.263. The van der Waals surface area contributed by atoms with Crippen LogP contribution in [0, 0.1) is 0 Å². The van der Waals surface area contributed by atoms with Gasteiger partial charge in [-0.3, -0.25) is 15.1 Å². The Labute approximate surface area is 165 Å². The Morgan fingerprint density at radius 3 is 2.75 bits per heavy atom. The van der Waals surface area contributed by atoms with Crippen LogP contribution in [0.2, 0.25) is 0 Å². The first-order valence-electron chi connectivity index (χ1n) is 9.17. The second-order valence-electron chi connectivity index (χ2n) is 6.48. The van der Waals surface area contributed by atoms with E-state index in [0.29, 0.717) is 37.7 Å². The van der Waals surface area contributed by atoms with Crippen molar-refractivity contribution >= 4 is 11.9 Å². The number of amides is 1. The standard InChI is InChI=1S/C19H29N7O2/c1-5-26(11-10-25(4)28)15(2)13-20-14-17-12-16(6-7-21-17)18(27)23-19-22-8-9-24(19)3/h6-9,12,20,28H,2,5,10-11,13-14H2,1,3-4H3,(H,22,23,27). The molecule has 2 aromatic heterocycles. The Morgan fingerprint density at radius 1 is 1.32 bits per heavy atom. The predicted molar refractivity (Wildman–Crippen MR) is 108 cm³/mol. The molecule has 0 aliphatic rings. The number of carbonyl (C=O) groups is 1. The Hall–Kier alpha value is -2.75. The highest BCUT2D eigenvalue weighted by molar-refractivity contribution is 6.03. The van der Waals surface area contributed by atoms with E-state index in [1.807, 2.05) is 14.0 Å². The first-order valence-corrected chi connectivity index (χ1v) is 9.17. The molecule has 0 aliphatic heterocycles. The van der Waals surface area contributed by atoms with Crippen molar-refractivity contribution in [1.29, 1.82) is 0 Å². The summed E-state index contributed by atoms with van der Waals surface area (Å²) in [5, 5.41) is 16.5. The highest BCUT2D eigenvalue weighted by Crippen LogP contribution is 2.08. The molecule has 0 spiro atoms. The van der Waals surface area contributed by atoms with Gasteiger partial charge in [-0.05, 0) is 19.1 Å². The van der Waals surface area contributed by atoms with Crippen molar-refractivity contribution in [2.75, 3.05) is 38.5 Å². The van der Waals surface area contributed by atoms with Gasteiger partial charge >= 0.3 is 0 Å². The molecule has 3 N–H and O–H groups in total. The third-order valence-electron chi connectivity index (χ3n) is 4.28. The van der Waals surface area contributed by atoms with Gasteiger partial charge in [-0.15, -0.1) is 0 Å². The van der Waals surface area contributed by atoms with Crippen LogP contribution in [0.4, 0.5) is 5.95 Å². The predicted octanol–water partition coefficient (Wildman–Crippen LogP) is 1.31. The molecule has 9 heteroatoms. The van der Waals surface area contributed by atoms with Crippen LogP contribution < -0.4 is 10.6 Å². The zero-order valence-corrected chi connectivity index (χ0v) is 16.7. The summed E-state index contributed by atoms with van der Waals surface area (Å²) in [6, 6.07) is 3.43. The monoisotopic (exact) mass is 387 g/mol. The molecular weight excluding hydrogens is 358 g/mol. The molecule has 0 aromatic carbocycles. The number of aromatic nitrogens is 3. The first-order chi connectivity index (χ1) is 13.4. The first kappa shape index (κ1) is 21.5. The zero-order valence-electron chi connectivity index (χ0n) is 16.7. The molecule has 1 amide bonds. The Balaban J connectivity index is 1.86. The third-order valence-corrected chi connectivity index (χ3v) is 4.28. The lowest BCUT2D eigenvalue weighted by molar-refractivity contribution is -0.0678. The number of hydrogen-bond acceptors (Lipinski definition) is 7. The smallest absolute Gasteiger partial charge is 0.258 e. The number of hydroxylamine groups is 2. The van der Waals surface area contributed by atoms with Crippen molar-refractivity contribution in [2.24, 2.45) is 7.05 Å². The van der Waals surface area contributed by atoms with Crippen molar-refractivity contribution in [2.45, 2.75) is 13.5 Å². The van der Waals surface area contributed by atoms with Crippen molar-refractivity contribution in [3.8, 4) is 0 Å². The van der Waals surface area contributed by atoms with Crippen molar-refractivity contribution < 1.29 is 10.0 Å². The summed E-state index contributed by atoms with van der Waals surface area (Å²) in [7, 11) is 3.44. The number of pyridine rings is 1. The minimum absolute atomic E-state index is 0.229. The zero-order chi connectivity index (χ0) is 20.5. The second kappa shape index (κ2) is 10.5. The summed E-state index contributed by atoms with van der Waals surface area (Å²) >= 11 is 0. The van der Waals surface area contributed by atoms with Crippen molar-refractivity contribution in [1.82, 2.24) is 29.8 Å². The molecule has 0 aliphatic carbocycles. The molecule has 0 unspecified atom stereocenters. The molecule has 0 atom stereocenters. The fourth-order valence-electron chi connectivity index (χ4n) is 2.63. The highest BCUT2D eigenvalue weighted by Gasteiger charge is 2.10. The number of aryl methyl sites for hydroxylation is 1. The molecule has 2 rings (SSSR count). The van der Waals surface area contributed by atoms with E-state index in [-0.39, 0.29) is 5.91 Å². The Kier molecular flexibility index (Phi) is 8.12. The molecule has 28 heavy (non-hydrogen) atoms. The number of nitrogens with one attached hydrogen (secondary N) is 2. The maximum absolute atomic E-state index is 12.4. The molecule has 152 valence electrons. The van der Waals surface area contributed by atoms with Crippen LogP contribution >= 0.6 is 0 Å². The average Bonchev–Trinajstić information content (AvgIpc) is 3.07. The molecule has 2 aromatic rings. The van der Waals surface area contributed by atoms with Gasteiger partial charge in [0.25, 0.3) is 5.91 Å². The van der Waals surface area contributed by atoms with E-state index >= 15 is 0 Å². The molecule has 0 saturated carbocycles. The summed E-state index contributed by atoms with van der Waals surface area (Å²) < 4.78 is 1.74. The van der Waals surface area contributed by atoms with Crippen LogP contribution in [-0.4, -0.2) is 68.8 Å². The minimum atomic E-state index is -0.229. The van der Waals surface area contributed by atoms with Gasteiger partial charge in [0, 0.05) is 76.7 Å². The highest BCUT2D eigenvalue weighted by atomic mass is 16.5. The maximum atomic E-state index is 12.4. The van der Waals surface area contributed by atoms with Gasteiger partial charge in [0.1, 0.15) is 0 Å². The largest absolute Gasteiger partial charge is 0.373 e. The summed E-state index contributed by atoms with van der Waals surface area (Å²) in [6.45, 7) is 9.31. The molecule has 0 radical (unpaired) electrons. The number of carbonyl (C=O) groups excluding carboxylic acids is 1. The molecule has 9 nitrogen and oxygen atoms in total. The molecule has 2 heterocycles. The van der Waals surface area contributed by atoms with Crippen molar-refractivity contribution in [3.63, 3.8) is 0 Å². The quantitative estimate of drug-likeness (QED) is 0.500. The minimum Gasteiger partial charge on any atom is -0.373 e. The van der Waals surface area contributed by atoms with E-state index in [9.17, 15) is 10.0 Å². The molecule has 0 bridgehead atoms. The third kappa shape index (κ3) is 6.45. The fraction of sp³-hybridized carbons (Fsp3) is 0.421. The molecule has 0 saturated heterocycles. The second-order valence-corrected chi connectivity index (χ2v) is 6.48. The lowest BCUT2D eigenvalue weighted by atomic mass is 10.2. The van der Waals surface area contributed by atoms with Crippen LogP contribution in [0.1, 0.15) is 23.0 Å². The number of imidazole rings is 1. The van der Waals surface area contributed by atoms with Gasteiger partial charge in [0.05, 0.1) is 5.69 Å². The lowest BCUT2D eigenvalue weighted by Crippen LogP contribution is -2.34. The average molecular weight is 387 g/mol. The van der Waals surface area contributed by atoms with Gasteiger partial charge in [-0.25, -0.2) is 4.98 Å². The van der Waals surface area contributed by atoms with Gasteiger partial charge in [-0.2, -0.15) is 5.06 Å². The van der Waals surface area contributed by atoms with Crippen LogP contribution in [-0.2, 0) is 13.6 Å². The Bertz CT molecular complexity index is 788. The number of nitrogens with zero attached hydrogens (tertiary/aromatic N) is 5. The van der Waals surface area contributed by atoms with Gasteiger partial charge in [0.15, 0.2) is 0 Å². The summed E-state index contributed by atoms with van der Waals surface area (Å²) in [4.78, 5) is 22.9. The van der Waals surface area contributed by atoms with Crippen LogP contribution in [0.15, 0.2) is 43.0 Å². The maximum Gasteiger partial charge on any atom is 0.258 e. The Morgan fingerprint density at radius 2 is 2.11 bits per heavy atom. The number of hydrogen-bond donors (Lipinski definition) is 3. The van der Waals surface area contributed by atoms with E-state index in [1.165, 1.54) is 0 Å². The molecular formula is C19H29N7O2. The fourth-order valence-corrected chi connectivity index (χ4v) is 2.63. The lowest BCUT2D eigenvalue weighted by Gasteiger charge is -2.26. The topological polar surface area (TPSA) is 98.5 Å². The van der Waals surface area contributed by atoms with E-state index in [1.54, 1.807) is 42.3 Å². The molecule has 0 fully saturated rings. The van der Waals surface area contributed by atoms with Gasteiger partial charge in [-0.1, -0.05) is 6.58 Å². The van der Waals surface area contributed by atoms with Crippen LogP contribution in [0.3, 0.4) is 0 Å². The SMILES string of the molecule is C=C(CNCc1cc(C(=O)Nc2nccn2C)ccn1)N(CC)CCN(C)O. The number of likely N-dealkylation sites (N-methyl/N-ethyl adjacent to an activating group) is 2. The normalized spacial score (nSPS) is 10.9. The van der Waals surface area contributed by atoms with Gasteiger partial charge in [0.2, 0.25) is 5.95 Å². The van der Waals surface area contributed by atoms with Gasteiger partial charge < -0.3 is 20.0 Å². The number of anilines is 1. The van der Waals surface area contributed by atoms with E-state index in [4.69, 9.17) is 0 Å². The summed E-state index contributed by atoms with van der Waals surface area (Å²) in [5.41, 5.74) is 2.22. The van der Waals surface area contributed by atoms with Crippen LogP contribution in [0.25, 0.3) is 0 Å². The van der Waals surface area contributed by atoms with E-state index < -0.39 is 0 Å². The summed E-state index contributed by atoms with van der Waals surface area (Å²) in [6.07, 6.45) is 5.01. The van der Waals surface area contributed by atoms with Crippen molar-refractivity contribution in [3.05, 3.63) is 54.3 Å². The van der Waals surface area contributed by atoms with E-state index in [0.717, 1.165) is 23.0 Å². The van der Waals surface area contributed by atoms with Crippen LogP contribution in [0.5, 0.6) is 0 Å². The number of rotatable bonds is 11.